The average molecular weight is 357 g/mol. The van der Waals surface area contributed by atoms with Crippen molar-refractivity contribution in [3.8, 4) is 0 Å². The van der Waals surface area contributed by atoms with Crippen molar-refractivity contribution in [3.05, 3.63) is 65.2 Å². The van der Waals surface area contributed by atoms with Crippen LogP contribution in [0, 0.1) is 12.7 Å². The van der Waals surface area contributed by atoms with Crippen LogP contribution in [0.1, 0.15) is 32.8 Å². The highest BCUT2D eigenvalue weighted by Crippen LogP contribution is 2.16. The van der Waals surface area contributed by atoms with Crippen molar-refractivity contribution in [3.63, 3.8) is 0 Å². The molecule has 1 aromatic carbocycles. The summed E-state index contributed by atoms with van der Waals surface area (Å²) in [5, 5.41) is 13.0. The summed E-state index contributed by atoms with van der Waals surface area (Å²) in [6.07, 6.45) is 0.972. The fraction of sp³-hybridized carbons (Fsp3) is 0.316. The molecular formula is C19H20FN3O3. The number of aryl methyl sites for hydroxylation is 1. The van der Waals surface area contributed by atoms with Crippen LogP contribution in [0.2, 0.25) is 0 Å². The summed E-state index contributed by atoms with van der Waals surface area (Å²) < 4.78 is 13.9. The Balaban J connectivity index is 1.62. The largest absolute Gasteiger partial charge is 0.389 e. The number of β-amino-alcohol motifs (C(OH)–C–C–N with tert-alkyl or cyclic N) is 1. The number of hydrogen-bond donors (Lipinski definition) is 2. The third-order valence-corrected chi connectivity index (χ3v) is 4.44. The Bertz CT molecular complexity index is 813. The number of carbonyl (C=O) groups is 2. The third-order valence-electron chi connectivity index (χ3n) is 4.44. The van der Waals surface area contributed by atoms with Gasteiger partial charge in [0, 0.05) is 19.3 Å². The molecule has 0 saturated carbocycles. The van der Waals surface area contributed by atoms with Crippen molar-refractivity contribution in [1.29, 1.82) is 0 Å². The minimum Gasteiger partial charge on any atom is -0.389 e. The second-order valence-electron chi connectivity index (χ2n) is 6.39. The summed E-state index contributed by atoms with van der Waals surface area (Å²) in [5.41, 5.74) is 0.971. The number of aliphatic hydroxyl groups excluding tert-OH is 1. The summed E-state index contributed by atoms with van der Waals surface area (Å²) >= 11 is 0. The molecule has 2 aromatic rings. The topological polar surface area (TPSA) is 82.5 Å². The second-order valence-corrected chi connectivity index (χ2v) is 6.39. The Labute approximate surface area is 150 Å². The van der Waals surface area contributed by atoms with Crippen LogP contribution in [-0.4, -0.2) is 52.0 Å². The van der Waals surface area contributed by atoms with Crippen LogP contribution in [0.3, 0.4) is 0 Å². The monoisotopic (exact) mass is 357 g/mol. The number of nitrogens with one attached hydrogen (secondary N) is 1. The van der Waals surface area contributed by atoms with Gasteiger partial charge in [-0.05, 0) is 43.2 Å². The normalized spacial score (nSPS) is 19.9. The van der Waals surface area contributed by atoms with E-state index in [-0.39, 0.29) is 18.0 Å². The van der Waals surface area contributed by atoms with Crippen LogP contribution in [0.5, 0.6) is 0 Å². The first-order chi connectivity index (χ1) is 12.5. The van der Waals surface area contributed by atoms with Gasteiger partial charge >= 0.3 is 0 Å². The SMILES string of the molecule is Cc1ccc(C(=O)N[C@@H]2CCN(C(=O)c3ccccn3)C[C@H]2O)c(F)c1. The number of amides is 2. The zero-order valence-electron chi connectivity index (χ0n) is 14.4. The molecule has 1 aromatic heterocycles. The number of aliphatic hydroxyl groups is 1. The Morgan fingerprint density at radius 3 is 2.77 bits per heavy atom. The molecule has 1 aliphatic heterocycles. The Kier molecular flexibility index (Phi) is 5.27. The predicted octanol–water partition coefficient (Wildman–Crippen LogP) is 1.53. The van der Waals surface area contributed by atoms with Gasteiger partial charge in [-0.3, -0.25) is 14.6 Å². The van der Waals surface area contributed by atoms with E-state index in [1.165, 1.54) is 23.2 Å². The zero-order chi connectivity index (χ0) is 18.7. The van der Waals surface area contributed by atoms with Gasteiger partial charge in [-0.1, -0.05) is 12.1 Å². The number of rotatable bonds is 3. The van der Waals surface area contributed by atoms with E-state index in [2.05, 4.69) is 10.3 Å². The summed E-state index contributed by atoms with van der Waals surface area (Å²) in [7, 11) is 0. The molecule has 3 rings (SSSR count). The van der Waals surface area contributed by atoms with Crippen molar-refractivity contribution in [2.75, 3.05) is 13.1 Å². The van der Waals surface area contributed by atoms with Crippen LogP contribution < -0.4 is 5.32 Å². The molecular weight excluding hydrogens is 337 g/mol. The lowest BCUT2D eigenvalue weighted by atomic mass is 10.0. The third kappa shape index (κ3) is 3.88. The Hall–Kier alpha value is -2.80. The van der Waals surface area contributed by atoms with Crippen molar-refractivity contribution in [2.24, 2.45) is 0 Å². The molecule has 0 radical (unpaired) electrons. The van der Waals surface area contributed by atoms with E-state index >= 15 is 0 Å². The first-order valence-electron chi connectivity index (χ1n) is 8.41. The molecule has 1 aliphatic rings. The average Bonchev–Trinajstić information content (AvgIpc) is 2.63. The van der Waals surface area contributed by atoms with Crippen LogP contribution in [0.15, 0.2) is 42.6 Å². The van der Waals surface area contributed by atoms with Gasteiger partial charge in [0.2, 0.25) is 0 Å². The quantitative estimate of drug-likeness (QED) is 0.873. The Morgan fingerprint density at radius 1 is 1.31 bits per heavy atom. The van der Waals surface area contributed by atoms with E-state index in [4.69, 9.17) is 0 Å². The second kappa shape index (κ2) is 7.61. The molecule has 2 heterocycles. The molecule has 2 N–H and O–H groups in total. The number of aromatic nitrogens is 1. The van der Waals surface area contributed by atoms with Crippen molar-refractivity contribution in [1.82, 2.24) is 15.2 Å². The van der Waals surface area contributed by atoms with Crippen LogP contribution >= 0.6 is 0 Å². The first-order valence-corrected chi connectivity index (χ1v) is 8.41. The lowest BCUT2D eigenvalue weighted by molar-refractivity contribution is 0.0311. The highest BCUT2D eigenvalue weighted by molar-refractivity contribution is 5.95. The summed E-state index contributed by atoms with van der Waals surface area (Å²) in [6.45, 7) is 2.19. The van der Waals surface area contributed by atoms with E-state index < -0.39 is 23.9 Å². The molecule has 2 atom stereocenters. The van der Waals surface area contributed by atoms with Crippen LogP contribution in [0.4, 0.5) is 4.39 Å². The smallest absolute Gasteiger partial charge is 0.272 e. The highest BCUT2D eigenvalue weighted by atomic mass is 19.1. The number of hydrogen-bond acceptors (Lipinski definition) is 4. The molecule has 1 saturated heterocycles. The maximum Gasteiger partial charge on any atom is 0.272 e. The molecule has 0 spiro atoms. The lowest BCUT2D eigenvalue weighted by Gasteiger charge is -2.36. The van der Waals surface area contributed by atoms with Crippen molar-refractivity contribution >= 4 is 11.8 Å². The van der Waals surface area contributed by atoms with Crippen molar-refractivity contribution < 1.29 is 19.1 Å². The van der Waals surface area contributed by atoms with E-state index in [0.717, 1.165) is 5.56 Å². The minimum atomic E-state index is -0.936. The van der Waals surface area contributed by atoms with Gasteiger partial charge in [0.1, 0.15) is 11.5 Å². The predicted molar refractivity (Wildman–Crippen MR) is 93.2 cm³/mol. The maximum absolute atomic E-state index is 13.9. The molecule has 0 unspecified atom stereocenters. The maximum atomic E-state index is 13.9. The summed E-state index contributed by atoms with van der Waals surface area (Å²) in [4.78, 5) is 30.2. The van der Waals surface area contributed by atoms with E-state index in [9.17, 15) is 19.1 Å². The van der Waals surface area contributed by atoms with Gasteiger partial charge in [-0.15, -0.1) is 0 Å². The molecule has 136 valence electrons. The summed E-state index contributed by atoms with van der Waals surface area (Å²) in [5.74, 6) is -1.44. The van der Waals surface area contributed by atoms with Gasteiger partial charge in [-0.25, -0.2) is 4.39 Å². The molecule has 26 heavy (non-hydrogen) atoms. The molecule has 2 amide bonds. The number of pyridine rings is 1. The summed E-state index contributed by atoms with van der Waals surface area (Å²) in [6, 6.07) is 8.88. The first kappa shape index (κ1) is 18.0. The van der Waals surface area contributed by atoms with E-state index in [1.54, 1.807) is 31.2 Å². The number of halogens is 1. The number of piperidine rings is 1. The van der Waals surface area contributed by atoms with E-state index in [0.29, 0.717) is 18.7 Å². The van der Waals surface area contributed by atoms with Gasteiger partial charge in [-0.2, -0.15) is 0 Å². The lowest BCUT2D eigenvalue weighted by Crippen LogP contribution is -2.55. The number of benzene rings is 1. The molecule has 7 heteroatoms. The molecule has 1 fully saturated rings. The Morgan fingerprint density at radius 2 is 2.12 bits per heavy atom. The number of carbonyl (C=O) groups excluding carboxylic acids is 2. The standard InChI is InChI=1S/C19H20FN3O3/c1-12-5-6-13(14(20)10-12)18(25)22-15-7-9-23(11-17(15)24)19(26)16-4-2-3-8-21-16/h2-6,8,10,15,17,24H,7,9,11H2,1H3,(H,22,25)/t15-,17-/m1/s1. The zero-order valence-corrected chi connectivity index (χ0v) is 14.4. The van der Waals surface area contributed by atoms with Gasteiger partial charge in [0.25, 0.3) is 11.8 Å². The van der Waals surface area contributed by atoms with Crippen molar-refractivity contribution in [2.45, 2.75) is 25.5 Å². The van der Waals surface area contributed by atoms with Crippen LogP contribution in [0.25, 0.3) is 0 Å². The number of nitrogens with zero attached hydrogens (tertiary/aromatic N) is 2. The van der Waals surface area contributed by atoms with Gasteiger partial charge in [0.15, 0.2) is 0 Å². The van der Waals surface area contributed by atoms with Crippen LogP contribution in [-0.2, 0) is 0 Å². The minimum absolute atomic E-state index is 0.0604. The molecule has 0 aliphatic carbocycles. The number of likely N-dealkylation sites (tertiary alicyclic amines) is 1. The van der Waals surface area contributed by atoms with Gasteiger partial charge in [0.05, 0.1) is 17.7 Å². The molecule has 6 nitrogen and oxygen atoms in total. The highest BCUT2D eigenvalue weighted by Gasteiger charge is 2.32. The molecule has 0 bridgehead atoms. The fourth-order valence-electron chi connectivity index (χ4n) is 2.99. The fourth-order valence-corrected chi connectivity index (χ4v) is 2.99. The van der Waals surface area contributed by atoms with E-state index in [1.807, 2.05) is 0 Å². The van der Waals surface area contributed by atoms with Gasteiger partial charge < -0.3 is 15.3 Å².